The second-order valence-electron chi connectivity index (χ2n) is 5.09. The fraction of sp³-hybridized carbons (Fsp3) is 0.111. The van der Waals surface area contributed by atoms with Crippen LogP contribution in [0, 0.1) is 0 Å². The average molecular weight is 403 g/mol. The van der Waals surface area contributed by atoms with Gasteiger partial charge in [-0.05, 0) is 42.5 Å². The Morgan fingerprint density at radius 3 is 2.48 bits per heavy atom. The second-order valence-corrected chi connectivity index (χ2v) is 6.00. The number of allylic oxidation sites excluding steroid dienone is 1. The fourth-order valence-electron chi connectivity index (χ4n) is 2.27. The van der Waals surface area contributed by atoms with Crippen LogP contribution in [0.2, 0.25) is 0 Å². The van der Waals surface area contributed by atoms with E-state index in [4.69, 9.17) is 14.3 Å². The zero-order valence-corrected chi connectivity index (χ0v) is 15.2. The van der Waals surface area contributed by atoms with Crippen molar-refractivity contribution in [2.24, 2.45) is 4.99 Å². The number of nitrogens with zero attached hydrogens (tertiary/aromatic N) is 1. The molecule has 0 radical (unpaired) electrons. The fourth-order valence-corrected chi connectivity index (χ4v) is 2.54. The van der Waals surface area contributed by atoms with Gasteiger partial charge in [0.2, 0.25) is 5.78 Å². The van der Waals surface area contributed by atoms with E-state index < -0.39 is 0 Å². The predicted octanol–water partition coefficient (Wildman–Crippen LogP) is 3.47. The molecule has 0 atom stereocenters. The van der Waals surface area contributed by atoms with Crippen LogP contribution in [0.5, 0.6) is 11.5 Å². The smallest absolute Gasteiger partial charge is 0.214 e. The molecular formula is C18H15BrN2O4. The number of carbonyl (C=O) groups excluding carboxylic acids is 1. The summed E-state index contributed by atoms with van der Waals surface area (Å²) in [4.78, 5) is 22.1. The van der Waals surface area contributed by atoms with Crippen LogP contribution in [0.25, 0.3) is 0 Å². The van der Waals surface area contributed by atoms with Crippen LogP contribution in [0.4, 0.5) is 0 Å². The third kappa shape index (κ3) is 3.66. The summed E-state index contributed by atoms with van der Waals surface area (Å²) in [5.74, 6) is 1.33. The van der Waals surface area contributed by atoms with Gasteiger partial charge in [-0.1, -0.05) is 15.9 Å². The molecule has 0 unspecified atom stereocenters. The van der Waals surface area contributed by atoms with Crippen molar-refractivity contribution in [3.8, 4) is 11.5 Å². The van der Waals surface area contributed by atoms with E-state index in [0.29, 0.717) is 28.5 Å². The van der Waals surface area contributed by atoms with E-state index in [1.807, 2.05) is 0 Å². The zero-order valence-electron chi connectivity index (χ0n) is 13.6. The van der Waals surface area contributed by atoms with Gasteiger partial charge in [-0.25, -0.2) is 10.5 Å². The first-order valence-corrected chi connectivity index (χ1v) is 8.15. The van der Waals surface area contributed by atoms with E-state index in [1.165, 1.54) is 6.26 Å². The highest BCUT2D eigenvalue weighted by Gasteiger charge is 2.19. The molecule has 6 nitrogen and oxygen atoms in total. The molecular weight excluding hydrogens is 388 g/mol. The quantitative estimate of drug-likeness (QED) is 0.775. The van der Waals surface area contributed by atoms with Crippen LogP contribution >= 0.6 is 15.9 Å². The lowest BCUT2D eigenvalue weighted by atomic mass is 10.1. The number of nitrogens with one attached hydrogen (secondary N) is 1. The molecule has 0 bridgehead atoms. The van der Waals surface area contributed by atoms with E-state index in [1.54, 1.807) is 56.7 Å². The van der Waals surface area contributed by atoms with Gasteiger partial charge in [0.05, 0.1) is 14.2 Å². The molecule has 25 heavy (non-hydrogen) atoms. The van der Waals surface area contributed by atoms with Crippen molar-refractivity contribution in [2.45, 2.75) is 0 Å². The summed E-state index contributed by atoms with van der Waals surface area (Å²) in [6.07, 6.45) is 1.29. The Morgan fingerprint density at radius 1 is 1.08 bits per heavy atom. The molecule has 3 rings (SSSR count). The number of ketones is 1. The monoisotopic (exact) mass is 402 g/mol. The Morgan fingerprint density at radius 2 is 1.80 bits per heavy atom. The minimum Gasteiger partial charge on any atom is -0.493 e. The van der Waals surface area contributed by atoms with Crippen molar-refractivity contribution in [1.29, 1.82) is 0 Å². The molecule has 1 aliphatic rings. The molecule has 0 saturated heterocycles. The molecule has 0 saturated carbocycles. The third-order valence-corrected chi connectivity index (χ3v) is 4.08. The van der Waals surface area contributed by atoms with Crippen molar-refractivity contribution in [3.63, 3.8) is 0 Å². The van der Waals surface area contributed by atoms with Crippen LogP contribution in [0.15, 0.2) is 63.9 Å². The lowest BCUT2D eigenvalue weighted by Crippen LogP contribution is -2.27. The molecule has 2 aromatic carbocycles. The maximum absolute atomic E-state index is 12.6. The Kier molecular flexibility index (Phi) is 5.04. The SMILES string of the molecule is COc1ccc(C2=NC(C(=O)c3ccc(Br)cc3)=CON2)cc1OC. The Balaban J connectivity index is 1.90. The summed E-state index contributed by atoms with van der Waals surface area (Å²) < 4.78 is 11.4. The van der Waals surface area contributed by atoms with Crippen LogP contribution in [0.3, 0.4) is 0 Å². The van der Waals surface area contributed by atoms with E-state index in [-0.39, 0.29) is 11.5 Å². The first-order chi connectivity index (χ1) is 12.1. The van der Waals surface area contributed by atoms with Gasteiger partial charge in [0, 0.05) is 15.6 Å². The maximum atomic E-state index is 12.6. The summed E-state index contributed by atoms with van der Waals surface area (Å²) in [6, 6.07) is 12.3. The number of hydroxylamine groups is 1. The third-order valence-electron chi connectivity index (χ3n) is 3.55. The lowest BCUT2D eigenvalue weighted by Gasteiger charge is -2.16. The Hall–Kier alpha value is -2.80. The summed E-state index contributed by atoms with van der Waals surface area (Å²) in [6.45, 7) is 0. The Labute approximate surface area is 153 Å². The summed E-state index contributed by atoms with van der Waals surface area (Å²) >= 11 is 3.35. The van der Waals surface area contributed by atoms with E-state index in [2.05, 4.69) is 26.4 Å². The number of halogens is 1. The largest absolute Gasteiger partial charge is 0.493 e. The highest BCUT2D eigenvalue weighted by molar-refractivity contribution is 9.10. The van der Waals surface area contributed by atoms with Crippen LogP contribution in [-0.2, 0) is 4.84 Å². The molecule has 1 heterocycles. The van der Waals surface area contributed by atoms with Gasteiger partial charge >= 0.3 is 0 Å². The minimum atomic E-state index is -0.230. The molecule has 0 aliphatic carbocycles. The molecule has 128 valence electrons. The van der Waals surface area contributed by atoms with Gasteiger partial charge in [-0.3, -0.25) is 4.79 Å². The van der Waals surface area contributed by atoms with Gasteiger partial charge in [-0.2, -0.15) is 0 Å². The molecule has 0 aromatic heterocycles. The highest BCUT2D eigenvalue weighted by atomic mass is 79.9. The number of rotatable bonds is 5. The molecule has 2 aromatic rings. The number of aliphatic imine (C=N–C) groups is 1. The zero-order chi connectivity index (χ0) is 17.8. The first-order valence-electron chi connectivity index (χ1n) is 7.35. The van der Waals surface area contributed by atoms with E-state index >= 15 is 0 Å². The number of benzene rings is 2. The topological polar surface area (TPSA) is 69.2 Å². The Bertz CT molecular complexity index is 860. The molecule has 0 spiro atoms. The van der Waals surface area contributed by atoms with Crippen molar-refractivity contribution in [3.05, 3.63) is 70.0 Å². The lowest BCUT2D eigenvalue weighted by molar-refractivity contribution is 0.101. The van der Waals surface area contributed by atoms with Gasteiger partial charge in [0.1, 0.15) is 6.26 Å². The van der Waals surface area contributed by atoms with Gasteiger partial charge in [-0.15, -0.1) is 0 Å². The summed E-state index contributed by atoms with van der Waals surface area (Å²) in [7, 11) is 3.12. The van der Waals surface area contributed by atoms with Crippen LogP contribution in [0.1, 0.15) is 15.9 Å². The standard InChI is InChI=1S/C18H15BrN2O4/c1-23-15-8-5-12(9-16(15)24-2)18-20-14(10-25-21-18)17(22)11-3-6-13(19)7-4-11/h3-10H,1-2H3,(H,20,21). The van der Waals surface area contributed by atoms with Crippen molar-refractivity contribution < 1.29 is 19.1 Å². The van der Waals surface area contributed by atoms with Crippen LogP contribution in [-0.4, -0.2) is 25.8 Å². The van der Waals surface area contributed by atoms with Gasteiger partial charge < -0.3 is 14.3 Å². The van der Waals surface area contributed by atoms with Crippen molar-refractivity contribution in [2.75, 3.05) is 14.2 Å². The summed E-state index contributed by atoms with van der Waals surface area (Å²) in [5.41, 5.74) is 4.11. The van der Waals surface area contributed by atoms with Gasteiger partial charge in [0.15, 0.2) is 23.0 Å². The van der Waals surface area contributed by atoms with Gasteiger partial charge in [0.25, 0.3) is 0 Å². The number of carbonyl (C=O) groups is 1. The predicted molar refractivity (Wildman–Crippen MR) is 96.9 cm³/mol. The number of ether oxygens (including phenoxy) is 2. The molecule has 1 N–H and O–H groups in total. The molecule has 1 aliphatic heterocycles. The van der Waals surface area contributed by atoms with Crippen molar-refractivity contribution in [1.82, 2.24) is 5.48 Å². The maximum Gasteiger partial charge on any atom is 0.214 e. The number of amidine groups is 1. The normalized spacial score (nSPS) is 13.1. The number of hydrogen-bond acceptors (Lipinski definition) is 6. The summed E-state index contributed by atoms with van der Waals surface area (Å²) in [5, 5.41) is 0. The number of Topliss-reactive ketones (excluding diaryl/α,β-unsaturated/α-hetero) is 1. The van der Waals surface area contributed by atoms with Crippen molar-refractivity contribution >= 4 is 27.5 Å². The van der Waals surface area contributed by atoms with Crippen LogP contribution < -0.4 is 15.0 Å². The van der Waals surface area contributed by atoms with E-state index in [9.17, 15) is 4.79 Å². The first kappa shape index (κ1) is 17.0. The second kappa shape index (κ2) is 7.40. The highest BCUT2D eigenvalue weighted by Crippen LogP contribution is 2.28. The van der Waals surface area contributed by atoms with E-state index in [0.717, 1.165) is 4.47 Å². The number of hydrogen-bond donors (Lipinski definition) is 1. The molecule has 7 heteroatoms. The number of methoxy groups -OCH3 is 2. The molecule has 0 fully saturated rings. The minimum absolute atomic E-state index is 0.200. The average Bonchev–Trinajstić information content (AvgIpc) is 2.67. The molecule has 0 amide bonds.